The number of carbonyl (C=O) groups excluding carboxylic acids is 1. The smallest absolute Gasteiger partial charge is 0.223 e. The average molecular weight is 376 g/mol. The maximum atomic E-state index is 13.0. The third-order valence-electron chi connectivity index (χ3n) is 6.51. The third-order valence-corrected chi connectivity index (χ3v) is 6.51. The molecule has 0 saturated carbocycles. The Labute approximate surface area is 163 Å². The Morgan fingerprint density at radius 2 is 1.70 bits per heavy atom. The largest absolute Gasteiger partial charge is 0.493 e. The fourth-order valence-corrected chi connectivity index (χ4v) is 4.90. The fourth-order valence-electron chi connectivity index (χ4n) is 4.90. The summed E-state index contributed by atoms with van der Waals surface area (Å²) in [5.41, 5.74) is 0.962. The minimum Gasteiger partial charge on any atom is -0.493 e. The van der Waals surface area contributed by atoms with Crippen molar-refractivity contribution in [3.63, 3.8) is 0 Å². The Balaban J connectivity index is 2.17. The van der Waals surface area contributed by atoms with Gasteiger partial charge in [-0.15, -0.1) is 0 Å². The number of hydrogen-bond acceptors (Lipinski definition) is 4. The van der Waals surface area contributed by atoms with Crippen molar-refractivity contribution in [3.05, 3.63) is 17.7 Å². The Morgan fingerprint density at radius 1 is 1.07 bits per heavy atom. The number of rotatable bonds is 4. The molecule has 2 atom stereocenters. The molecule has 0 bridgehead atoms. The molecule has 0 aliphatic carbocycles. The first-order valence-electron chi connectivity index (χ1n) is 9.88. The zero-order chi connectivity index (χ0) is 19.8. The number of hydrogen-bond donors (Lipinski definition) is 0. The molecule has 150 valence electrons. The molecular weight excluding hydrogens is 342 g/mol. The normalized spacial score (nSPS) is 25.8. The van der Waals surface area contributed by atoms with Gasteiger partial charge in [0, 0.05) is 13.0 Å². The monoisotopic (exact) mass is 375 g/mol. The molecule has 5 nitrogen and oxygen atoms in total. The van der Waals surface area contributed by atoms with Gasteiger partial charge in [-0.25, -0.2) is 0 Å². The van der Waals surface area contributed by atoms with Gasteiger partial charge < -0.3 is 19.1 Å². The van der Waals surface area contributed by atoms with Gasteiger partial charge in [0.1, 0.15) is 0 Å². The van der Waals surface area contributed by atoms with Gasteiger partial charge in [-0.2, -0.15) is 0 Å². The van der Waals surface area contributed by atoms with E-state index >= 15 is 0 Å². The molecule has 1 aromatic rings. The van der Waals surface area contributed by atoms with Crippen molar-refractivity contribution in [1.29, 1.82) is 0 Å². The molecule has 2 heterocycles. The van der Waals surface area contributed by atoms with Gasteiger partial charge >= 0.3 is 0 Å². The third kappa shape index (κ3) is 3.37. The predicted octanol–water partition coefficient (Wildman–Crippen LogP) is 4.38. The van der Waals surface area contributed by atoms with Gasteiger partial charge in [-0.05, 0) is 54.7 Å². The van der Waals surface area contributed by atoms with Crippen molar-refractivity contribution in [2.75, 3.05) is 27.9 Å². The highest BCUT2D eigenvalue weighted by atomic mass is 16.5. The van der Waals surface area contributed by atoms with Crippen LogP contribution in [0.3, 0.4) is 0 Å². The topological polar surface area (TPSA) is 48.0 Å². The fraction of sp³-hybridized carbons (Fsp3) is 0.682. The lowest BCUT2D eigenvalue weighted by atomic mass is 9.70. The summed E-state index contributed by atoms with van der Waals surface area (Å²) in [5, 5.41) is 0. The summed E-state index contributed by atoms with van der Waals surface area (Å²) < 4.78 is 16.7. The lowest BCUT2D eigenvalue weighted by molar-refractivity contribution is -0.134. The maximum Gasteiger partial charge on any atom is 0.223 e. The minimum absolute atomic E-state index is 0.159. The summed E-state index contributed by atoms with van der Waals surface area (Å²) in [6.45, 7) is 7.69. The minimum atomic E-state index is -0.293. The molecule has 2 aliphatic heterocycles. The highest BCUT2D eigenvalue weighted by molar-refractivity contribution is 5.78. The first kappa shape index (κ1) is 19.8. The van der Waals surface area contributed by atoms with Gasteiger partial charge in [-0.3, -0.25) is 4.79 Å². The van der Waals surface area contributed by atoms with E-state index < -0.39 is 0 Å². The molecule has 3 rings (SSSR count). The van der Waals surface area contributed by atoms with Crippen molar-refractivity contribution in [1.82, 2.24) is 4.90 Å². The van der Waals surface area contributed by atoms with E-state index in [4.69, 9.17) is 14.2 Å². The highest BCUT2D eigenvalue weighted by Crippen LogP contribution is 2.53. The van der Waals surface area contributed by atoms with E-state index in [9.17, 15) is 4.79 Å². The molecule has 1 amide bonds. The quantitative estimate of drug-likeness (QED) is 0.784. The zero-order valence-electron chi connectivity index (χ0n) is 17.6. The highest BCUT2D eigenvalue weighted by Gasteiger charge is 2.50. The number of benzene rings is 1. The second-order valence-electron chi connectivity index (χ2n) is 8.90. The summed E-state index contributed by atoms with van der Waals surface area (Å²) in [4.78, 5) is 15.1. The van der Waals surface area contributed by atoms with E-state index in [2.05, 4.69) is 25.7 Å². The summed E-state index contributed by atoms with van der Waals surface area (Å²) >= 11 is 0. The number of fused-ring (bicyclic) bond motifs is 1. The molecule has 1 aromatic carbocycles. The predicted molar refractivity (Wildman–Crippen MR) is 106 cm³/mol. The van der Waals surface area contributed by atoms with Gasteiger partial charge in [0.15, 0.2) is 11.5 Å². The van der Waals surface area contributed by atoms with Crippen LogP contribution in [-0.4, -0.2) is 38.7 Å². The van der Waals surface area contributed by atoms with E-state index in [1.165, 1.54) is 0 Å². The molecule has 0 unspecified atom stereocenters. The van der Waals surface area contributed by atoms with Crippen LogP contribution in [0.5, 0.6) is 17.2 Å². The Bertz CT molecular complexity index is 684. The Kier molecular flexibility index (Phi) is 5.33. The SMILES string of the molecule is COc1cc([C@]23CCCN2C(=O)CC[C@H](C(C)(C)C)C3)cc(OC)c1OC. The number of nitrogens with zero attached hydrogens (tertiary/aromatic N) is 1. The Hall–Kier alpha value is -1.91. The van der Waals surface area contributed by atoms with Crippen LogP contribution in [0.25, 0.3) is 0 Å². The number of methoxy groups -OCH3 is 3. The zero-order valence-corrected chi connectivity index (χ0v) is 17.6. The summed E-state index contributed by atoms with van der Waals surface area (Å²) in [6.07, 6.45) is 4.56. The number of amides is 1. The number of ether oxygens (including phenoxy) is 3. The first-order valence-corrected chi connectivity index (χ1v) is 9.88. The summed E-state index contributed by atoms with van der Waals surface area (Å²) in [7, 11) is 4.90. The molecule has 5 heteroatoms. The molecule has 0 spiro atoms. The van der Waals surface area contributed by atoms with Crippen LogP contribution in [0.1, 0.15) is 58.4 Å². The van der Waals surface area contributed by atoms with E-state index in [1.807, 2.05) is 12.1 Å². The molecule has 2 fully saturated rings. The second kappa shape index (κ2) is 7.25. The van der Waals surface area contributed by atoms with Crippen molar-refractivity contribution >= 4 is 5.91 Å². The molecule has 27 heavy (non-hydrogen) atoms. The number of carbonyl (C=O) groups is 1. The van der Waals surface area contributed by atoms with Gasteiger partial charge in [0.2, 0.25) is 11.7 Å². The second-order valence-corrected chi connectivity index (χ2v) is 8.90. The van der Waals surface area contributed by atoms with Crippen LogP contribution in [0, 0.1) is 11.3 Å². The van der Waals surface area contributed by atoms with Crippen LogP contribution >= 0.6 is 0 Å². The summed E-state index contributed by atoms with van der Waals surface area (Å²) in [6, 6.07) is 4.08. The van der Waals surface area contributed by atoms with E-state index in [-0.39, 0.29) is 16.9 Å². The molecule has 0 aromatic heterocycles. The van der Waals surface area contributed by atoms with Crippen molar-refractivity contribution < 1.29 is 19.0 Å². The molecular formula is C22H33NO4. The van der Waals surface area contributed by atoms with Crippen LogP contribution < -0.4 is 14.2 Å². The lowest BCUT2D eigenvalue weighted by Crippen LogP contribution is -2.45. The maximum absolute atomic E-state index is 13.0. The molecule has 2 saturated heterocycles. The van der Waals surface area contributed by atoms with Crippen LogP contribution in [0.4, 0.5) is 0 Å². The van der Waals surface area contributed by atoms with Crippen LogP contribution in [0.2, 0.25) is 0 Å². The van der Waals surface area contributed by atoms with Gasteiger partial charge in [0.05, 0.1) is 26.9 Å². The van der Waals surface area contributed by atoms with Gasteiger partial charge in [-0.1, -0.05) is 20.8 Å². The van der Waals surface area contributed by atoms with Crippen molar-refractivity contribution in [3.8, 4) is 17.2 Å². The lowest BCUT2D eigenvalue weighted by Gasteiger charge is -2.42. The van der Waals surface area contributed by atoms with E-state index in [0.717, 1.165) is 37.8 Å². The van der Waals surface area contributed by atoms with Crippen molar-refractivity contribution in [2.45, 2.75) is 58.4 Å². The summed E-state index contributed by atoms with van der Waals surface area (Å²) in [5.74, 6) is 2.64. The van der Waals surface area contributed by atoms with Crippen molar-refractivity contribution in [2.24, 2.45) is 11.3 Å². The van der Waals surface area contributed by atoms with Crippen LogP contribution in [0.15, 0.2) is 12.1 Å². The molecule has 0 radical (unpaired) electrons. The average Bonchev–Trinajstić information content (AvgIpc) is 3.01. The van der Waals surface area contributed by atoms with E-state index in [0.29, 0.717) is 29.6 Å². The molecule has 0 N–H and O–H groups in total. The Morgan fingerprint density at radius 3 is 2.22 bits per heavy atom. The molecule has 2 aliphatic rings. The van der Waals surface area contributed by atoms with E-state index in [1.54, 1.807) is 21.3 Å². The standard InChI is InChI=1S/C22H33NO4/c1-21(2,3)15-8-9-19(24)23-11-7-10-22(23,14-15)16-12-17(25-4)20(27-6)18(13-16)26-5/h12-13,15H,7-11,14H2,1-6H3/t15-,22+/m0/s1. The van der Waals surface area contributed by atoms with Crippen LogP contribution in [-0.2, 0) is 10.3 Å². The first-order chi connectivity index (χ1) is 12.8. The van der Waals surface area contributed by atoms with Gasteiger partial charge in [0.25, 0.3) is 0 Å².